The molecule has 0 saturated heterocycles. The van der Waals surface area contributed by atoms with Crippen LogP contribution in [0.25, 0.3) is 0 Å². The number of aromatic nitrogens is 2. The molecule has 120 valence electrons. The number of nitrogens with one attached hydrogen (secondary N) is 1. The van der Waals surface area contributed by atoms with E-state index in [2.05, 4.69) is 9.82 Å². The van der Waals surface area contributed by atoms with Gasteiger partial charge < -0.3 is 9.84 Å². The van der Waals surface area contributed by atoms with Gasteiger partial charge in [-0.3, -0.25) is 9.40 Å². The van der Waals surface area contributed by atoms with Gasteiger partial charge in [0.25, 0.3) is 10.0 Å². The topological polar surface area (TPSA) is 111 Å². The number of thiophene rings is 1. The molecule has 2 aromatic rings. The van der Waals surface area contributed by atoms with Crippen molar-refractivity contribution in [3.05, 3.63) is 28.8 Å². The second kappa shape index (κ2) is 6.46. The van der Waals surface area contributed by atoms with Crippen LogP contribution in [0.15, 0.2) is 22.5 Å². The maximum Gasteiger partial charge on any atom is 0.346 e. The lowest BCUT2D eigenvalue weighted by atomic mass is 10.3. The monoisotopic (exact) mass is 345 g/mol. The van der Waals surface area contributed by atoms with Gasteiger partial charge in [-0.25, -0.2) is 13.2 Å². The standard InChI is InChI=1S/C12H15N3O5S2/c1-8-7-10(21-11(8)12(16)17)22(18,19)14-9-3-4-15(13-9)5-6-20-2/h3-4,7H,5-6H2,1-2H3,(H,13,14)(H,16,17). The summed E-state index contributed by atoms with van der Waals surface area (Å²) >= 11 is 0.710. The maximum absolute atomic E-state index is 12.2. The van der Waals surface area contributed by atoms with E-state index in [-0.39, 0.29) is 14.9 Å². The smallest absolute Gasteiger partial charge is 0.346 e. The number of ether oxygens (including phenoxy) is 1. The first kappa shape index (κ1) is 16.5. The molecule has 0 spiro atoms. The van der Waals surface area contributed by atoms with E-state index < -0.39 is 16.0 Å². The molecule has 8 nitrogen and oxygen atoms in total. The van der Waals surface area contributed by atoms with E-state index in [0.717, 1.165) is 0 Å². The lowest BCUT2D eigenvalue weighted by Gasteiger charge is -2.03. The van der Waals surface area contributed by atoms with Crippen LogP contribution in [0.1, 0.15) is 15.2 Å². The third-order valence-corrected chi connectivity index (χ3v) is 5.81. The highest BCUT2D eigenvalue weighted by molar-refractivity contribution is 7.94. The van der Waals surface area contributed by atoms with Crippen molar-refractivity contribution in [2.75, 3.05) is 18.4 Å². The van der Waals surface area contributed by atoms with Crippen molar-refractivity contribution in [3.63, 3.8) is 0 Å². The number of hydrogen-bond donors (Lipinski definition) is 2. The van der Waals surface area contributed by atoms with E-state index in [0.29, 0.717) is 30.1 Å². The van der Waals surface area contributed by atoms with E-state index in [1.807, 2.05) is 0 Å². The van der Waals surface area contributed by atoms with Gasteiger partial charge in [0, 0.05) is 19.4 Å². The predicted molar refractivity (Wildman–Crippen MR) is 80.9 cm³/mol. The van der Waals surface area contributed by atoms with E-state index in [1.54, 1.807) is 24.9 Å². The van der Waals surface area contributed by atoms with Crippen LogP contribution in [0.2, 0.25) is 0 Å². The third-order valence-electron chi connectivity index (χ3n) is 2.76. The summed E-state index contributed by atoms with van der Waals surface area (Å²) in [5.74, 6) is -0.980. The van der Waals surface area contributed by atoms with Crippen LogP contribution < -0.4 is 4.72 Å². The minimum absolute atomic E-state index is 0.00555. The van der Waals surface area contributed by atoms with Crippen LogP contribution in [0.4, 0.5) is 5.82 Å². The fourth-order valence-electron chi connectivity index (χ4n) is 1.71. The first-order valence-electron chi connectivity index (χ1n) is 6.22. The lowest BCUT2D eigenvalue weighted by molar-refractivity contribution is 0.0701. The number of nitrogens with zero attached hydrogens (tertiary/aromatic N) is 2. The molecule has 0 aliphatic heterocycles. The summed E-state index contributed by atoms with van der Waals surface area (Å²) in [5.41, 5.74) is 0.406. The lowest BCUT2D eigenvalue weighted by Crippen LogP contribution is -2.13. The molecule has 10 heteroatoms. The average Bonchev–Trinajstić information content (AvgIpc) is 3.03. The summed E-state index contributed by atoms with van der Waals surface area (Å²) < 4.78 is 33.2. The maximum atomic E-state index is 12.2. The molecule has 2 heterocycles. The molecular formula is C12H15N3O5S2. The van der Waals surface area contributed by atoms with E-state index in [9.17, 15) is 13.2 Å². The summed E-state index contributed by atoms with van der Waals surface area (Å²) in [6, 6.07) is 2.85. The quantitative estimate of drug-likeness (QED) is 0.785. The Morgan fingerprint density at radius 3 is 2.86 bits per heavy atom. The minimum atomic E-state index is -3.86. The molecule has 0 aliphatic rings. The van der Waals surface area contributed by atoms with E-state index in [4.69, 9.17) is 9.84 Å². The Bertz CT molecular complexity index is 779. The Kier molecular flexibility index (Phi) is 4.84. The minimum Gasteiger partial charge on any atom is -0.477 e. The molecular weight excluding hydrogens is 330 g/mol. The van der Waals surface area contributed by atoms with Crippen molar-refractivity contribution in [1.82, 2.24) is 9.78 Å². The third kappa shape index (κ3) is 3.64. The molecule has 2 aromatic heterocycles. The van der Waals surface area contributed by atoms with Gasteiger partial charge in [-0.05, 0) is 18.6 Å². The molecule has 2 rings (SSSR count). The molecule has 0 bridgehead atoms. The van der Waals surface area contributed by atoms with Gasteiger partial charge >= 0.3 is 5.97 Å². The second-order valence-electron chi connectivity index (χ2n) is 4.45. The van der Waals surface area contributed by atoms with E-state index >= 15 is 0 Å². The SMILES string of the molecule is COCCn1ccc(NS(=O)(=O)c2cc(C)c(C(=O)O)s2)n1. The predicted octanol–water partition coefficient (Wildman–Crippen LogP) is 1.40. The fourth-order valence-corrected chi connectivity index (χ4v) is 4.09. The zero-order valence-electron chi connectivity index (χ0n) is 11.9. The van der Waals surface area contributed by atoms with Crippen LogP contribution in [0.3, 0.4) is 0 Å². The zero-order valence-corrected chi connectivity index (χ0v) is 13.6. The molecule has 0 aliphatic carbocycles. The number of methoxy groups -OCH3 is 1. The average molecular weight is 345 g/mol. The van der Waals surface area contributed by atoms with Gasteiger partial charge in [0.05, 0.1) is 13.2 Å². The number of aryl methyl sites for hydroxylation is 1. The number of carbonyl (C=O) groups is 1. The summed E-state index contributed by atoms with van der Waals surface area (Å²) in [4.78, 5) is 11.0. The first-order chi connectivity index (χ1) is 10.3. The Morgan fingerprint density at radius 2 is 2.27 bits per heavy atom. The van der Waals surface area contributed by atoms with Crippen molar-refractivity contribution < 1.29 is 23.1 Å². The largest absolute Gasteiger partial charge is 0.477 e. The van der Waals surface area contributed by atoms with Gasteiger partial charge in [0.1, 0.15) is 9.09 Å². The number of carboxylic acid groups (broad SMARTS) is 1. The van der Waals surface area contributed by atoms with Crippen molar-refractivity contribution in [1.29, 1.82) is 0 Å². The van der Waals surface area contributed by atoms with Crippen LogP contribution in [0.5, 0.6) is 0 Å². The summed E-state index contributed by atoms with van der Waals surface area (Å²) in [6.07, 6.45) is 1.62. The van der Waals surface area contributed by atoms with Crippen molar-refractivity contribution in [2.24, 2.45) is 0 Å². The Balaban J connectivity index is 2.19. The molecule has 0 aromatic carbocycles. The highest BCUT2D eigenvalue weighted by Gasteiger charge is 2.22. The van der Waals surface area contributed by atoms with Crippen LogP contribution >= 0.6 is 11.3 Å². The van der Waals surface area contributed by atoms with Crippen molar-refractivity contribution >= 4 is 33.1 Å². The number of sulfonamides is 1. The van der Waals surface area contributed by atoms with Crippen LogP contribution in [0, 0.1) is 6.92 Å². The molecule has 2 N–H and O–H groups in total. The van der Waals surface area contributed by atoms with Gasteiger partial charge in [0.15, 0.2) is 5.82 Å². The summed E-state index contributed by atoms with van der Waals surface area (Å²) in [7, 11) is -2.30. The van der Waals surface area contributed by atoms with Crippen LogP contribution in [-0.2, 0) is 21.3 Å². The molecule has 0 atom stereocenters. The van der Waals surface area contributed by atoms with Crippen LogP contribution in [-0.4, -0.2) is 43.0 Å². The molecule has 0 amide bonds. The Morgan fingerprint density at radius 1 is 1.55 bits per heavy atom. The molecule has 0 radical (unpaired) electrons. The summed E-state index contributed by atoms with van der Waals surface area (Å²) in [5, 5.41) is 13.0. The molecule has 22 heavy (non-hydrogen) atoms. The molecule has 0 unspecified atom stereocenters. The fraction of sp³-hybridized carbons (Fsp3) is 0.333. The number of carboxylic acids is 1. The normalized spacial score (nSPS) is 11.5. The van der Waals surface area contributed by atoms with Gasteiger partial charge in [-0.1, -0.05) is 0 Å². The van der Waals surface area contributed by atoms with E-state index in [1.165, 1.54) is 12.1 Å². The highest BCUT2D eigenvalue weighted by atomic mass is 32.2. The highest BCUT2D eigenvalue weighted by Crippen LogP contribution is 2.27. The Hall–Kier alpha value is -1.91. The number of aromatic carboxylic acids is 1. The van der Waals surface area contributed by atoms with Crippen molar-refractivity contribution in [3.8, 4) is 0 Å². The number of rotatable bonds is 7. The number of anilines is 1. The summed E-state index contributed by atoms with van der Waals surface area (Å²) in [6.45, 7) is 2.51. The van der Waals surface area contributed by atoms with Gasteiger partial charge in [-0.2, -0.15) is 5.10 Å². The molecule has 0 saturated carbocycles. The molecule has 0 fully saturated rings. The number of hydrogen-bond acceptors (Lipinski definition) is 6. The Labute approximate surface area is 131 Å². The van der Waals surface area contributed by atoms with Gasteiger partial charge in [-0.15, -0.1) is 11.3 Å². The zero-order chi connectivity index (χ0) is 16.3. The van der Waals surface area contributed by atoms with Gasteiger partial charge in [0.2, 0.25) is 0 Å². The van der Waals surface area contributed by atoms with Crippen molar-refractivity contribution in [2.45, 2.75) is 17.7 Å². The first-order valence-corrected chi connectivity index (χ1v) is 8.52. The second-order valence-corrected chi connectivity index (χ2v) is 7.41.